The van der Waals surface area contributed by atoms with Gasteiger partial charge in [0.1, 0.15) is 11.4 Å². The van der Waals surface area contributed by atoms with Crippen LogP contribution in [0.1, 0.15) is 63.4 Å². The summed E-state index contributed by atoms with van der Waals surface area (Å²) in [5.74, 6) is 8.05. The van der Waals surface area contributed by atoms with E-state index < -0.39 is 5.60 Å². The molecule has 3 saturated carbocycles. The smallest absolute Gasteiger partial charge is 0.137 e. The van der Waals surface area contributed by atoms with Gasteiger partial charge in [-0.15, -0.1) is 5.92 Å². The molecule has 0 spiro atoms. The SMILES string of the molecule is CC#CC1(O)CCC2C3CC=C4CC(=O)CCC4=C3C(c3ccc(NC)cc3)CC21. The molecule has 0 heterocycles. The average molecular weight is 402 g/mol. The zero-order valence-electron chi connectivity index (χ0n) is 18.0. The van der Waals surface area contributed by atoms with Gasteiger partial charge in [0.05, 0.1) is 0 Å². The van der Waals surface area contributed by atoms with E-state index in [1.807, 2.05) is 14.0 Å². The Balaban J connectivity index is 1.62. The van der Waals surface area contributed by atoms with Crippen molar-refractivity contribution in [1.29, 1.82) is 0 Å². The van der Waals surface area contributed by atoms with Gasteiger partial charge in [0.15, 0.2) is 0 Å². The van der Waals surface area contributed by atoms with Crippen LogP contribution < -0.4 is 5.32 Å². The van der Waals surface area contributed by atoms with Crippen molar-refractivity contribution in [2.45, 2.75) is 63.4 Å². The lowest BCUT2D eigenvalue weighted by atomic mass is 9.57. The van der Waals surface area contributed by atoms with Crippen LogP contribution in [-0.4, -0.2) is 23.5 Å². The Bertz CT molecular complexity index is 990. The summed E-state index contributed by atoms with van der Waals surface area (Å²) in [5, 5.41) is 14.6. The fraction of sp³-hybridized carbons (Fsp3) is 0.519. The molecule has 5 rings (SSSR count). The molecule has 5 unspecified atom stereocenters. The van der Waals surface area contributed by atoms with Crippen LogP contribution in [0.3, 0.4) is 0 Å². The van der Waals surface area contributed by atoms with E-state index in [1.54, 1.807) is 5.57 Å². The molecule has 1 aromatic rings. The standard InChI is InChI=1S/C27H31NO2/c1-3-13-27(30)14-12-22-23-10-6-18-15-20(29)9-11-21(18)26(23)24(16-25(22)27)17-4-7-19(28-2)8-5-17/h4-8,22-25,28,30H,9-12,14-16H2,1-2H3. The van der Waals surface area contributed by atoms with Crippen molar-refractivity contribution in [1.82, 2.24) is 0 Å². The molecular formula is C27H31NO2. The average Bonchev–Trinajstić information content (AvgIpc) is 3.09. The predicted molar refractivity (Wildman–Crippen MR) is 120 cm³/mol. The van der Waals surface area contributed by atoms with Gasteiger partial charge in [0.25, 0.3) is 0 Å². The van der Waals surface area contributed by atoms with Crippen LogP contribution in [0, 0.1) is 29.6 Å². The number of allylic oxidation sites excluding steroid dienone is 4. The van der Waals surface area contributed by atoms with E-state index in [-0.39, 0.29) is 5.92 Å². The van der Waals surface area contributed by atoms with Gasteiger partial charge in [-0.1, -0.05) is 29.7 Å². The van der Waals surface area contributed by atoms with Crippen molar-refractivity contribution >= 4 is 11.5 Å². The third-order valence-corrected chi connectivity index (χ3v) is 8.11. The molecule has 0 radical (unpaired) electrons. The lowest BCUT2D eigenvalue weighted by Crippen LogP contribution is -2.42. The molecule has 0 aromatic heterocycles. The minimum Gasteiger partial charge on any atom is -0.388 e. The molecule has 0 amide bonds. The van der Waals surface area contributed by atoms with Crippen LogP contribution in [0.4, 0.5) is 5.69 Å². The number of ketones is 1. The van der Waals surface area contributed by atoms with E-state index in [4.69, 9.17) is 0 Å². The summed E-state index contributed by atoms with van der Waals surface area (Å²) in [6, 6.07) is 8.79. The Labute approximate surface area is 179 Å². The number of hydrogen-bond donors (Lipinski definition) is 2. The number of carbonyl (C=O) groups excluding carboxylic acids is 1. The normalized spacial score (nSPS) is 34.9. The first-order chi connectivity index (χ1) is 14.5. The molecule has 30 heavy (non-hydrogen) atoms. The summed E-state index contributed by atoms with van der Waals surface area (Å²) in [7, 11) is 1.94. The van der Waals surface area contributed by atoms with Gasteiger partial charge in [0.2, 0.25) is 0 Å². The number of Topliss-reactive ketones (excluding diaryl/α,β-unsaturated/α-hetero) is 1. The number of rotatable bonds is 2. The van der Waals surface area contributed by atoms with Gasteiger partial charge in [-0.3, -0.25) is 4.79 Å². The summed E-state index contributed by atoms with van der Waals surface area (Å²) in [5.41, 5.74) is 5.91. The second-order valence-corrected chi connectivity index (χ2v) is 9.49. The molecule has 4 aliphatic carbocycles. The Morgan fingerprint density at radius 2 is 2.00 bits per heavy atom. The van der Waals surface area contributed by atoms with Crippen molar-refractivity contribution < 1.29 is 9.90 Å². The lowest BCUT2D eigenvalue weighted by Gasteiger charge is -2.47. The first kappa shape index (κ1) is 19.6. The van der Waals surface area contributed by atoms with Crippen LogP contribution in [0.25, 0.3) is 0 Å². The molecule has 3 nitrogen and oxygen atoms in total. The predicted octanol–water partition coefficient (Wildman–Crippen LogP) is 4.99. The maximum absolute atomic E-state index is 12.1. The molecule has 3 heteroatoms. The number of fused-ring (bicyclic) bond motifs is 4. The van der Waals surface area contributed by atoms with E-state index in [9.17, 15) is 9.90 Å². The highest BCUT2D eigenvalue weighted by atomic mass is 16.3. The topological polar surface area (TPSA) is 49.3 Å². The van der Waals surface area contributed by atoms with Crippen molar-refractivity contribution in [2.24, 2.45) is 17.8 Å². The van der Waals surface area contributed by atoms with Crippen molar-refractivity contribution in [3.8, 4) is 11.8 Å². The monoisotopic (exact) mass is 401 g/mol. The second kappa shape index (κ2) is 7.43. The van der Waals surface area contributed by atoms with Crippen molar-refractivity contribution in [2.75, 3.05) is 12.4 Å². The molecule has 156 valence electrons. The van der Waals surface area contributed by atoms with Gasteiger partial charge in [0, 0.05) is 37.4 Å². The van der Waals surface area contributed by atoms with Gasteiger partial charge in [-0.05, 0) is 79.7 Å². The van der Waals surface area contributed by atoms with Gasteiger partial charge >= 0.3 is 0 Å². The molecule has 5 atom stereocenters. The van der Waals surface area contributed by atoms with E-state index >= 15 is 0 Å². The minimum atomic E-state index is -0.856. The number of benzene rings is 1. The number of hydrogen-bond acceptors (Lipinski definition) is 3. The molecule has 1 aromatic carbocycles. The maximum Gasteiger partial charge on any atom is 0.137 e. The summed E-state index contributed by atoms with van der Waals surface area (Å²) < 4.78 is 0. The number of aliphatic hydroxyl groups is 1. The first-order valence-corrected chi connectivity index (χ1v) is 11.4. The molecule has 2 N–H and O–H groups in total. The summed E-state index contributed by atoms with van der Waals surface area (Å²) >= 11 is 0. The fourth-order valence-electron chi connectivity index (χ4n) is 6.78. The van der Waals surface area contributed by atoms with E-state index in [0.717, 1.165) is 37.8 Å². The van der Waals surface area contributed by atoms with Crippen LogP contribution in [0.2, 0.25) is 0 Å². The third-order valence-electron chi connectivity index (χ3n) is 8.11. The summed E-state index contributed by atoms with van der Waals surface area (Å²) in [6.45, 7) is 1.84. The van der Waals surface area contributed by atoms with Gasteiger partial charge in [-0.25, -0.2) is 0 Å². The zero-order valence-corrected chi connectivity index (χ0v) is 18.0. The quantitative estimate of drug-likeness (QED) is 0.686. The van der Waals surface area contributed by atoms with Crippen LogP contribution >= 0.6 is 0 Å². The fourth-order valence-corrected chi connectivity index (χ4v) is 6.78. The zero-order chi connectivity index (χ0) is 20.9. The van der Waals surface area contributed by atoms with Crippen LogP contribution in [0.5, 0.6) is 0 Å². The molecule has 0 bridgehead atoms. The highest BCUT2D eigenvalue weighted by molar-refractivity contribution is 5.84. The van der Waals surface area contributed by atoms with E-state index in [0.29, 0.717) is 36.4 Å². The molecule has 0 saturated heterocycles. The largest absolute Gasteiger partial charge is 0.388 e. The van der Waals surface area contributed by atoms with Crippen molar-refractivity contribution in [3.63, 3.8) is 0 Å². The van der Waals surface area contributed by atoms with Crippen LogP contribution in [-0.2, 0) is 4.79 Å². The van der Waals surface area contributed by atoms with Gasteiger partial charge in [-0.2, -0.15) is 0 Å². The Kier molecular flexibility index (Phi) is 4.86. The molecule has 4 aliphatic rings. The third kappa shape index (κ3) is 3.05. The van der Waals surface area contributed by atoms with E-state index in [2.05, 4.69) is 47.5 Å². The molecule has 0 aliphatic heterocycles. The van der Waals surface area contributed by atoms with Crippen LogP contribution in [0.15, 0.2) is 47.1 Å². The lowest BCUT2D eigenvalue weighted by molar-refractivity contribution is -0.118. The summed E-state index contributed by atoms with van der Waals surface area (Å²) in [6.07, 6.45) is 8.29. The molecule has 3 fully saturated rings. The minimum absolute atomic E-state index is 0.216. The first-order valence-electron chi connectivity index (χ1n) is 11.4. The number of anilines is 1. The number of nitrogens with one attached hydrogen (secondary N) is 1. The number of carbonyl (C=O) groups is 1. The highest BCUT2D eigenvalue weighted by Crippen LogP contribution is 2.60. The second-order valence-electron chi connectivity index (χ2n) is 9.49. The van der Waals surface area contributed by atoms with E-state index in [1.165, 1.54) is 16.7 Å². The highest BCUT2D eigenvalue weighted by Gasteiger charge is 2.55. The molecular weight excluding hydrogens is 370 g/mol. The van der Waals surface area contributed by atoms with Crippen molar-refractivity contribution in [3.05, 3.63) is 52.6 Å². The Morgan fingerprint density at radius 3 is 2.73 bits per heavy atom. The Hall–Kier alpha value is -2.31. The van der Waals surface area contributed by atoms with Gasteiger partial charge < -0.3 is 10.4 Å². The maximum atomic E-state index is 12.1. The summed E-state index contributed by atoms with van der Waals surface area (Å²) in [4.78, 5) is 12.1. The Morgan fingerprint density at radius 1 is 1.20 bits per heavy atom.